The van der Waals surface area contributed by atoms with Crippen LogP contribution in [-0.2, 0) is 17.6 Å². The molecule has 1 aliphatic heterocycles. The number of aliphatic carboxylic acids is 1. The van der Waals surface area contributed by atoms with Crippen LogP contribution in [0, 0.1) is 0 Å². The average Bonchev–Trinajstić information content (AvgIpc) is 2.72. The van der Waals surface area contributed by atoms with E-state index in [1.165, 1.54) is 12.0 Å². The predicted octanol–water partition coefficient (Wildman–Crippen LogP) is 3.83. The minimum absolute atomic E-state index is 0.297. The maximum Gasteiger partial charge on any atom is 0.326 e. The second-order valence-electron chi connectivity index (χ2n) is 7.66. The number of urea groups is 1. The van der Waals surface area contributed by atoms with Gasteiger partial charge in [-0.25, -0.2) is 14.6 Å². The Morgan fingerprint density at radius 1 is 1.17 bits per heavy atom. The summed E-state index contributed by atoms with van der Waals surface area (Å²) in [4.78, 5) is 29.8. The van der Waals surface area contributed by atoms with Crippen molar-refractivity contribution in [3.63, 3.8) is 0 Å². The third-order valence-electron chi connectivity index (χ3n) is 5.52. The Labute approximate surface area is 174 Å². The number of anilines is 1. The van der Waals surface area contributed by atoms with Crippen molar-refractivity contribution in [1.82, 2.24) is 15.2 Å². The van der Waals surface area contributed by atoms with Crippen molar-refractivity contribution in [2.45, 2.75) is 77.7 Å². The van der Waals surface area contributed by atoms with E-state index >= 15 is 0 Å². The van der Waals surface area contributed by atoms with Crippen LogP contribution in [0.1, 0.15) is 70.1 Å². The Kier molecular flexibility index (Phi) is 9.74. The van der Waals surface area contributed by atoms with E-state index in [9.17, 15) is 14.7 Å². The number of hydrogen-bond acceptors (Lipinski definition) is 4. The van der Waals surface area contributed by atoms with Crippen molar-refractivity contribution >= 4 is 17.8 Å². The Morgan fingerprint density at radius 2 is 1.90 bits per heavy atom. The number of carboxylic acids is 1. The molecule has 1 aliphatic rings. The molecule has 3 N–H and O–H groups in total. The summed E-state index contributed by atoms with van der Waals surface area (Å²) in [5.74, 6) is 0.0952. The average molecular weight is 405 g/mol. The third kappa shape index (κ3) is 7.55. The molecule has 1 unspecified atom stereocenters. The molecule has 0 fully saturated rings. The first-order chi connectivity index (χ1) is 14.0. The molecule has 29 heavy (non-hydrogen) atoms. The molecule has 7 nitrogen and oxygen atoms in total. The molecule has 0 spiro atoms. The van der Waals surface area contributed by atoms with Crippen LogP contribution in [-0.4, -0.2) is 52.7 Å². The normalized spacial score (nSPS) is 13.9. The van der Waals surface area contributed by atoms with Gasteiger partial charge >= 0.3 is 12.0 Å². The van der Waals surface area contributed by atoms with E-state index < -0.39 is 12.0 Å². The lowest BCUT2D eigenvalue weighted by atomic mass is 10.0. The number of carbonyl (C=O) groups is 2. The molecule has 7 heteroatoms. The number of unbranched alkanes of at least 4 members (excludes halogenated alkanes) is 4. The molecule has 1 aromatic heterocycles. The van der Waals surface area contributed by atoms with Gasteiger partial charge in [-0.1, -0.05) is 31.7 Å². The fourth-order valence-corrected chi connectivity index (χ4v) is 3.70. The first-order valence-electron chi connectivity index (χ1n) is 11.1. The molecule has 2 heterocycles. The molecule has 1 aromatic rings. The fourth-order valence-electron chi connectivity index (χ4n) is 3.70. The summed E-state index contributed by atoms with van der Waals surface area (Å²) < 4.78 is 0. The van der Waals surface area contributed by atoms with Crippen LogP contribution in [0.4, 0.5) is 10.6 Å². The molecule has 0 radical (unpaired) electrons. The minimum Gasteiger partial charge on any atom is -0.480 e. The van der Waals surface area contributed by atoms with Crippen LogP contribution in [0.15, 0.2) is 12.1 Å². The Hall–Kier alpha value is -2.31. The molecule has 2 rings (SSSR count). The summed E-state index contributed by atoms with van der Waals surface area (Å²) >= 11 is 0. The number of rotatable bonds is 12. The van der Waals surface area contributed by atoms with Gasteiger partial charge in [0.2, 0.25) is 0 Å². The largest absolute Gasteiger partial charge is 0.480 e. The summed E-state index contributed by atoms with van der Waals surface area (Å²) in [6.45, 7) is 5.92. The number of nitrogens with zero attached hydrogens (tertiary/aromatic N) is 2. The zero-order chi connectivity index (χ0) is 21.1. The van der Waals surface area contributed by atoms with E-state index in [4.69, 9.17) is 4.98 Å². The molecule has 0 bridgehead atoms. The van der Waals surface area contributed by atoms with E-state index in [0.29, 0.717) is 19.5 Å². The number of aromatic nitrogens is 1. The van der Waals surface area contributed by atoms with Crippen molar-refractivity contribution in [3.8, 4) is 0 Å². The molecule has 0 aromatic carbocycles. The molecular formula is C22H36N4O3. The van der Waals surface area contributed by atoms with Crippen molar-refractivity contribution in [1.29, 1.82) is 0 Å². The van der Waals surface area contributed by atoms with E-state index in [2.05, 4.69) is 22.8 Å². The quantitative estimate of drug-likeness (QED) is 0.460. The number of carbonyl (C=O) groups excluding carboxylic acids is 1. The van der Waals surface area contributed by atoms with Gasteiger partial charge in [0.1, 0.15) is 11.9 Å². The van der Waals surface area contributed by atoms with Gasteiger partial charge in [-0.15, -0.1) is 0 Å². The predicted molar refractivity (Wildman–Crippen MR) is 115 cm³/mol. The Bertz CT molecular complexity index is 661. The molecule has 1 atom stereocenters. The molecule has 0 aliphatic carbocycles. The number of hydrogen-bond donors (Lipinski definition) is 3. The topological polar surface area (TPSA) is 94.6 Å². The summed E-state index contributed by atoms with van der Waals surface area (Å²) in [7, 11) is 0. The number of aryl methyl sites for hydroxylation is 2. The van der Waals surface area contributed by atoms with Gasteiger partial charge in [0.05, 0.1) is 0 Å². The van der Waals surface area contributed by atoms with Crippen LogP contribution in [0.3, 0.4) is 0 Å². The lowest BCUT2D eigenvalue weighted by molar-refractivity contribution is -0.139. The van der Waals surface area contributed by atoms with Gasteiger partial charge < -0.3 is 20.6 Å². The fraction of sp³-hybridized carbons (Fsp3) is 0.682. The highest BCUT2D eigenvalue weighted by Gasteiger charge is 2.21. The second kappa shape index (κ2) is 12.3. The van der Waals surface area contributed by atoms with Gasteiger partial charge in [0.15, 0.2) is 0 Å². The van der Waals surface area contributed by atoms with Gasteiger partial charge in [-0.3, -0.25) is 0 Å². The van der Waals surface area contributed by atoms with Gasteiger partial charge in [0, 0.05) is 25.3 Å². The van der Waals surface area contributed by atoms with Crippen LogP contribution in [0.2, 0.25) is 0 Å². The van der Waals surface area contributed by atoms with E-state index in [0.717, 1.165) is 63.0 Å². The highest BCUT2D eigenvalue weighted by atomic mass is 16.4. The standard InChI is InChI=1S/C22H36N4O3/c1-3-26(4-2)22(29)25-19(21(27)28)13-9-7-5-6-8-12-18-15-14-17-11-10-16-23-20(17)24-18/h14-15,19H,3-13,16H2,1-2H3,(H,23,24)(H,25,29)(H,27,28). The zero-order valence-corrected chi connectivity index (χ0v) is 17.9. The monoisotopic (exact) mass is 404 g/mol. The summed E-state index contributed by atoms with van der Waals surface area (Å²) in [6.07, 6.45) is 8.79. The van der Waals surface area contributed by atoms with E-state index in [1.54, 1.807) is 4.90 Å². The maximum absolute atomic E-state index is 12.1. The van der Waals surface area contributed by atoms with Crippen molar-refractivity contribution in [3.05, 3.63) is 23.4 Å². The van der Waals surface area contributed by atoms with Gasteiger partial charge in [-0.05, 0) is 57.6 Å². The van der Waals surface area contributed by atoms with E-state index in [-0.39, 0.29) is 6.03 Å². The summed E-state index contributed by atoms with van der Waals surface area (Å²) in [6, 6.07) is 3.23. The molecule has 2 amide bonds. The smallest absolute Gasteiger partial charge is 0.326 e. The molecular weight excluding hydrogens is 368 g/mol. The molecule has 0 saturated carbocycles. The van der Waals surface area contributed by atoms with E-state index in [1.807, 2.05) is 13.8 Å². The number of amides is 2. The van der Waals surface area contributed by atoms with Crippen molar-refractivity contribution in [2.24, 2.45) is 0 Å². The number of carboxylic acid groups (broad SMARTS) is 1. The van der Waals surface area contributed by atoms with Gasteiger partial charge in [-0.2, -0.15) is 0 Å². The van der Waals surface area contributed by atoms with Crippen molar-refractivity contribution in [2.75, 3.05) is 25.0 Å². The molecule has 162 valence electrons. The second-order valence-corrected chi connectivity index (χ2v) is 7.66. The number of fused-ring (bicyclic) bond motifs is 1. The lowest BCUT2D eigenvalue weighted by Gasteiger charge is -2.22. The first kappa shape index (κ1) is 23.0. The van der Waals surface area contributed by atoms with Crippen LogP contribution < -0.4 is 10.6 Å². The van der Waals surface area contributed by atoms with Crippen molar-refractivity contribution < 1.29 is 14.7 Å². The van der Waals surface area contributed by atoms with Crippen LogP contribution in [0.25, 0.3) is 0 Å². The maximum atomic E-state index is 12.1. The number of nitrogens with one attached hydrogen (secondary N) is 2. The summed E-state index contributed by atoms with van der Waals surface area (Å²) in [5, 5.41) is 15.4. The van der Waals surface area contributed by atoms with Crippen LogP contribution >= 0.6 is 0 Å². The summed E-state index contributed by atoms with van der Waals surface area (Å²) in [5.41, 5.74) is 2.46. The highest BCUT2D eigenvalue weighted by Crippen LogP contribution is 2.20. The Balaban J connectivity index is 1.61. The zero-order valence-electron chi connectivity index (χ0n) is 17.9. The van der Waals surface area contributed by atoms with Crippen LogP contribution in [0.5, 0.6) is 0 Å². The molecule has 0 saturated heterocycles. The first-order valence-corrected chi connectivity index (χ1v) is 11.1. The third-order valence-corrected chi connectivity index (χ3v) is 5.52. The number of pyridine rings is 1. The Morgan fingerprint density at radius 3 is 2.62 bits per heavy atom. The van der Waals surface area contributed by atoms with Gasteiger partial charge in [0.25, 0.3) is 0 Å². The SMILES string of the molecule is CCN(CC)C(=O)NC(CCCCCCCc1ccc2c(n1)NCCC2)C(=O)O. The lowest BCUT2D eigenvalue weighted by Crippen LogP contribution is -2.47. The minimum atomic E-state index is -0.961. The highest BCUT2D eigenvalue weighted by molar-refractivity contribution is 5.82.